The number of carbonyl (C=O) groups excluding carboxylic acids is 1. The Morgan fingerprint density at radius 3 is 2.67 bits per heavy atom. The molecule has 0 fully saturated rings. The van der Waals surface area contributed by atoms with E-state index in [1.807, 2.05) is 0 Å². The number of anilines is 1. The third kappa shape index (κ3) is 2.95. The molecule has 0 radical (unpaired) electrons. The molecule has 1 amide bonds. The van der Waals surface area contributed by atoms with Crippen LogP contribution in [0.5, 0.6) is 0 Å². The minimum absolute atomic E-state index is 0.187. The number of hydrogen-bond acceptors (Lipinski definition) is 2. The Morgan fingerprint density at radius 2 is 2.06 bits per heavy atom. The van der Waals surface area contributed by atoms with Crippen molar-refractivity contribution >= 4 is 23.2 Å². The molecule has 1 aromatic heterocycles. The third-order valence-corrected chi connectivity index (χ3v) is 2.39. The maximum atomic E-state index is 13.1. The molecule has 0 aliphatic carbocycles. The van der Waals surface area contributed by atoms with Crippen LogP contribution >= 0.6 is 11.6 Å². The number of carbonyl (C=O) groups is 1. The standard InChI is InChI=1S/C12H8ClFN2O2/c13-8-3-9(14)5-10(4-8)16-12(18)7-1-2-11(17)15-6-7/h1-6H,(H,15,17)(H,16,18). The van der Waals surface area contributed by atoms with Crippen LogP contribution in [0.2, 0.25) is 5.02 Å². The van der Waals surface area contributed by atoms with E-state index in [0.29, 0.717) is 0 Å². The summed E-state index contributed by atoms with van der Waals surface area (Å²) in [5.41, 5.74) is 0.200. The van der Waals surface area contributed by atoms with E-state index in [1.54, 1.807) is 0 Å². The summed E-state index contributed by atoms with van der Waals surface area (Å²) in [5, 5.41) is 2.66. The maximum Gasteiger partial charge on any atom is 0.257 e. The van der Waals surface area contributed by atoms with E-state index in [9.17, 15) is 14.0 Å². The number of benzene rings is 1. The van der Waals surface area contributed by atoms with Crippen molar-refractivity contribution in [1.29, 1.82) is 0 Å². The summed E-state index contributed by atoms with van der Waals surface area (Å²) in [5.74, 6) is -1.01. The van der Waals surface area contributed by atoms with Crippen LogP contribution in [0.1, 0.15) is 10.4 Å². The Balaban J connectivity index is 2.21. The van der Waals surface area contributed by atoms with Gasteiger partial charge < -0.3 is 10.3 Å². The second-order valence-corrected chi connectivity index (χ2v) is 3.99. The molecule has 2 N–H and O–H groups in total. The zero-order valence-corrected chi connectivity index (χ0v) is 9.79. The van der Waals surface area contributed by atoms with Crippen LogP contribution in [-0.4, -0.2) is 10.9 Å². The van der Waals surface area contributed by atoms with E-state index in [2.05, 4.69) is 10.3 Å². The molecule has 92 valence electrons. The van der Waals surface area contributed by atoms with Gasteiger partial charge in [-0.05, 0) is 24.3 Å². The largest absolute Gasteiger partial charge is 0.328 e. The Labute approximate surface area is 106 Å². The normalized spacial score (nSPS) is 10.1. The number of aromatic amines is 1. The van der Waals surface area contributed by atoms with Crippen LogP contribution in [0.15, 0.2) is 41.3 Å². The van der Waals surface area contributed by atoms with Crippen molar-refractivity contribution in [3.8, 4) is 0 Å². The molecule has 0 saturated heterocycles. The smallest absolute Gasteiger partial charge is 0.257 e. The number of H-pyrrole nitrogens is 1. The number of pyridine rings is 1. The first-order valence-corrected chi connectivity index (χ1v) is 5.38. The van der Waals surface area contributed by atoms with Gasteiger partial charge >= 0.3 is 0 Å². The second-order valence-electron chi connectivity index (χ2n) is 3.55. The van der Waals surface area contributed by atoms with E-state index in [4.69, 9.17) is 11.6 Å². The molecule has 0 unspecified atom stereocenters. The number of hydrogen-bond donors (Lipinski definition) is 2. The van der Waals surface area contributed by atoms with Crippen molar-refractivity contribution in [2.75, 3.05) is 5.32 Å². The predicted molar refractivity (Wildman–Crippen MR) is 66.4 cm³/mol. The molecule has 1 aromatic carbocycles. The molecule has 2 aromatic rings. The van der Waals surface area contributed by atoms with E-state index in [-0.39, 0.29) is 21.8 Å². The van der Waals surface area contributed by atoms with Crippen molar-refractivity contribution in [3.63, 3.8) is 0 Å². The molecular weight excluding hydrogens is 259 g/mol. The highest BCUT2D eigenvalue weighted by Crippen LogP contribution is 2.18. The number of amides is 1. The van der Waals surface area contributed by atoms with Gasteiger partial charge in [0.15, 0.2) is 0 Å². The Hall–Kier alpha value is -2.14. The van der Waals surface area contributed by atoms with Gasteiger partial charge in [-0.15, -0.1) is 0 Å². The van der Waals surface area contributed by atoms with Crippen molar-refractivity contribution in [2.24, 2.45) is 0 Å². The van der Waals surface area contributed by atoms with Crippen molar-refractivity contribution < 1.29 is 9.18 Å². The van der Waals surface area contributed by atoms with Crippen LogP contribution in [0, 0.1) is 5.82 Å². The first kappa shape index (κ1) is 12.3. The zero-order valence-electron chi connectivity index (χ0n) is 9.04. The average molecular weight is 267 g/mol. The summed E-state index contributed by atoms with van der Waals surface area (Å²) in [6, 6.07) is 6.31. The lowest BCUT2D eigenvalue weighted by Gasteiger charge is -2.05. The van der Waals surface area contributed by atoms with E-state index in [1.165, 1.54) is 24.4 Å². The average Bonchev–Trinajstić information content (AvgIpc) is 2.28. The molecule has 2 rings (SSSR count). The van der Waals surface area contributed by atoms with Gasteiger partial charge in [0, 0.05) is 23.0 Å². The van der Waals surface area contributed by atoms with Gasteiger partial charge in [0.05, 0.1) is 5.56 Å². The molecule has 0 bridgehead atoms. The summed E-state index contributed by atoms with van der Waals surface area (Å²) in [6.07, 6.45) is 1.28. The number of aromatic nitrogens is 1. The van der Waals surface area contributed by atoms with Crippen LogP contribution in [0.25, 0.3) is 0 Å². The van der Waals surface area contributed by atoms with E-state index in [0.717, 1.165) is 12.1 Å². The highest BCUT2D eigenvalue weighted by Gasteiger charge is 2.07. The van der Waals surface area contributed by atoms with E-state index < -0.39 is 11.7 Å². The van der Waals surface area contributed by atoms with Gasteiger partial charge in [0.1, 0.15) is 5.82 Å². The molecule has 4 nitrogen and oxygen atoms in total. The lowest BCUT2D eigenvalue weighted by molar-refractivity contribution is 0.102. The van der Waals surface area contributed by atoms with Crippen LogP contribution in [0.3, 0.4) is 0 Å². The summed E-state index contributed by atoms with van der Waals surface area (Å²) < 4.78 is 13.1. The van der Waals surface area contributed by atoms with Gasteiger partial charge in [-0.2, -0.15) is 0 Å². The first-order chi connectivity index (χ1) is 8.54. The van der Waals surface area contributed by atoms with Crippen LogP contribution in [-0.2, 0) is 0 Å². The molecule has 6 heteroatoms. The Morgan fingerprint density at radius 1 is 1.28 bits per heavy atom. The molecular formula is C12H8ClFN2O2. The van der Waals surface area contributed by atoms with Gasteiger partial charge in [-0.1, -0.05) is 11.6 Å². The van der Waals surface area contributed by atoms with Crippen molar-refractivity contribution in [2.45, 2.75) is 0 Å². The number of nitrogens with one attached hydrogen (secondary N) is 2. The number of rotatable bonds is 2. The fraction of sp³-hybridized carbons (Fsp3) is 0. The fourth-order valence-corrected chi connectivity index (χ4v) is 1.60. The van der Waals surface area contributed by atoms with Gasteiger partial charge in [0.25, 0.3) is 5.91 Å². The minimum atomic E-state index is -0.542. The molecule has 18 heavy (non-hydrogen) atoms. The zero-order chi connectivity index (χ0) is 13.1. The maximum absolute atomic E-state index is 13.1. The predicted octanol–water partition coefficient (Wildman–Crippen LogP) is 2.42. The highest BCUT2D eigenvalue weighted by atomic mass is 35.5. The number of halogens is 2. The van der Waals surface area contributed by atoms with Gasteiger partial charge in [-0.25, -0.2) is 4.39 Å². The quantitative estimate of drug-likeness (QED) is 0.877. The summed E-state index contributed by atoms with van der Waals surface area (Å²) >= 11 is 5.66. The van der Waals surface area contributed by atoms with Gasteiger partial charge in [0.2, 0.25) is 5.56 Å². The lowest BCUT2D eigenvalue weighted by Crippen LogP contribution is -2.14. The molecule has 0 spiro atoms. The van der Waals surface area contributed by atoms with E-state index >= 15 is 0 Å². The van der Waals surface area contributed by atoms with Crippen LogP contribution < -0.4 is 10.9 Å². The minimum Gasteiger partial charge on any atom is -0.328 e. The Bertz CT molecular complexity index is 614. The topological polar surface area (TPSA) is 62.0 Å². The lowest BCUT2D eigenvalue weighted by atomic mass is 10.2. The SMILES string of the molecule is O=C(Nc1cc(F)cc(Cl)c1)c1ccc(=O)[nH]c1. The van der Waals surface area contributed by atoms with Crippen molar-refractivity contribution in [3.05, 3.63) is 63.3 Å². The summed E-state index contributed by atoms with van der Waals surface area (Å²) in [4.78, 5) is 25.0. The Kier molecular flexibility index (Phi) is 3.43. The van der Waals surface area contributed by atoms with Crippen LogP contribution in [0.4, 0.5) is 10.1 Å². The summed E-state index contributed by atoms with van der Waals surface area (Å²) in [7, 11) is 0. The molecule has 0 atom stereocenters. The van der Waals surface area contributed by atoms with Gasteiger partial charge in [-0.3, -0.25) is 9.59 Å². The summed E-state index contributed by atoms with van der Waals surface area (Å²) in [6.45, 7) is 0. The molecule has 1 heterocycles. The monoisotopic (exact) mass is 266 g/mol. The fourth-order valence-electron chi connectivity index (χ4n) is 1.38. The first-order valence-electron chi connectivity index (χ1n) is 5.01. The highest BCUT2D eigenvalue weighted by molar-refractivity contribution is 6.31. The molecule has 0 aliphatic heterocycles. The molecule has 0 aliphatic rings. The van der Waals surface area contributed by atoms with Crippen molar-refractivity contribution in [1.82, 2.24) is 4.98 Å². The second kappa shape index (κ2) is 5.01. The third-order valence-electron chi connectivity index (χ3n) is 2.17. The molecule has 0 saturated carbocycles.